The normalized spacial score (nSPS) is 14.6. The summed E-state index contributed by atoms with van der Waals surface area (Å²) in [5.41, 5.74) is 1.15. The van der Waals surface area contributed by atoms with Crippen LogP contribution in [0.2, 0.25) is 0 Å². The summed E-state index contributed by atoms with van der Waals surface area (Å²) in [4.78, 5) is 13.1. The van der Waals surface area contributed by atoms with Crippen molar-refractivity contribution in [3.05, 3.63) is 36.5 Å². The molecule has 0 spiro atoms. The molecule has 114 valence electrons. The number of aromatic hydroxyl groups is 1. The molecule has 0 fully saturated rings. The molecular weight excluding hydrogens is 280 g/mol. The van der Waals surface area contributed by atoms with Crippen molar-refractivity contribution in [1.29, 1.82) is 0 Å². The van der Waals surface area contributed by atoms with Crippen molar-refractivity contribution in [2.45, 2.75) is 52.9 Å². The zero-order valence-electron chi connectivity index (χ0n) is 13.1. The second kappa shape index (κ2) is 7.08. The largest absolute Gasteiger partial charge is 0.503 e. The van der Waals surface area contributed by atoms with E-state index in [2.05, 4.69) is 32.9 Å². The molecule has 0 bridgehead atoms. The lowest BCUT2D eigenvalue weighted by atomic mass is 9.99. The molecule has 2 nitrogen and oxygen atoms in total. The minimum Gasteiger partial charge on any atom is -0.503 e. The molecule has 1 aromatic rings. The Balaban J connectivity index is 2.20. The summed E-state index contributed by atoms with van der Waals surface area (Å²) >= 11 is 1.58. The summed E-state index contributed by atoms with van der Waals surface area (Å²) in [6, 6.07) is 0. The van der Waals surface area contributed by atoms with Crippen LogP contribution >= 0.6 is 11.3 Å². The average Bonchev–Trinajstić information content (AvgIpc) is 2.44. The molecule has 3 heteroatoms. The van der Waals surface area contributed by atoms with Crippen molar-refractivity contribution in [3.63, 3.8) is 0 Å². The van der Waals surface area contributed by atoms with E-state index in [9.17, 15) is 9.90 Å². The second-order valence-corrected chi connectivity index (χ2v) is 7.27. The van der Waals surface area contributed by atoms with E-state index in [1.54, 1.807) is 11.3 Å². The zero-order chi connectivity index (χ0) is 15.4. The van der Waals surface area contributed by atoms with Gasteiger partial charge in [-0.3, -0.25) is 4.79 Å². The van der Waals surface area contributed by atoms with Crippen LogP contribution in [0.25, 0.3) is 12.2 Å². The van der Waals surface area contributed by atoms with Gasteiger partial charge in [-0.1, -0.05) is 30.7 Å². The highest BCUT2D eigenvalue weighted by Gasteiger charge is 2.13. The fourth-order valence-electron chi connectivity index (χ4n) is 2.60. The van der Waals surface area contributed by atoms with E-state index in [0.717, 1.165) is 41.5 Å². The van der Waals surface area contributed by atoms with Gasteiger partial charge in [0.2, 0.25) is 5.43 Å². The van der Waals surface area contributed by atoms with Crippen LogP contribution in [0.1, 0.15) is 51.3 Å². The SMILES string of the molecule is CC(C)=CCCC(C)Cc1sc2c(c(=O)c1O)=CCCC=2. The lowest BCUT2D eigenvalue weighted by Gasteiger charge is -2.11. The Hall–Kier alpha value is -1.35. The van der Waals surface area contributed by atoms with Gasteiger partial charge in [0.25, 0.3) is 0 Å². The molecule has 0 saturated heterocycles. The third-order valence-electron chi connectivity index (χ3n) is 3.81. The first-order valence-electron chi connectivity index (χ1n) is 7.67. The van der Waals surface area contributed by atoms with Crippen molar-refractivity contribution in [2.75, 3.05) is 0 Å². The predicted octanol–water partition coefficient (Wildman–Crippen LogP) is 3.09. The Morgan fingerprint density at radius 2 is 2.10 bits per heavy atom. The van der Waals surface area contributed by atoms with Crippen molar-refractivity contribution < 1.29 is 5.11 Å². The lowest BCUT2D eigenvalue weighted by Crippen LogP contribution is -2.38. The first-order valence-corrected chi connectivity index (χ1v) is 8.49. The Morgan fingerprint density at radius 1 is 1.38 bits per heavy atom. The van der Waals surface area contributed by atoms with E-state index < -0.39 is 0 Å². The van der Waals surface area contributed by atoms with Crippen LogP contribution in [0.5, 0.6) is 5.75 Å². The minimum absolute atomic E-state index is 0.0284. The molecule has 0 radical (unpaired) electrons. The third kappa shape index (κ3) is 4.07. The van der Waals surface area contributed by atoms with Crippen LogP contribution in [-0.2, 0) is 6.42 Å². The Kier molecular flexibility index (Phi) is 5.40. The van der Waals surface area contributed by atoms with Gasteiger partial charge in [-0.2, -0.15) is 0 Å². The van der Waals surface area contributed by atoms with Crippen LogP contribution in [0, 0.1) is 5.92 Å². The Bertz CT molecular complexity index is 706. The molecule has 0 aliphatic heterocycles. The lowest BCUT2D eigenvalue weighted by molar-refractivity contribution is 0.453. The highest BCUT2D eigenvalue weighted by atomic mass is 32.1. The third-order valence-corrected chi connectivity index (χ3v) is 5.03. The van der Waals surface area contributed by atoms with Crippen LogP contribution in [0.3, 0.4) is 0 Å². The minimum atomic E-state index is -0.189. The van der Waals surface area contributed by atoms with E-state index in [1.807, 2.05) is 6.08 Å². The maximum atomic E-state index is 12.2. The molecular formula is C18H24O2S. The summed E-state index contributed by atoms with van der Waals surface area (Å²) in [7, 11) is 0. The fraction of sp³-hybridized carbons (Fsp3) is 0.500. The van der Waals surface area contributed by atoms with E-state index >= 15 is 0 Å². The molecule has 1 unspecified atom stereocenters. The van der Waals surface area contributed by atoms with E-state index in [1.165, 1.54) is 5.57 Å². The van der Waals surface area contributed by atoms with Gasteiger partial charge >= 0.3 is 0 Å². The van der Waals surface area contributed by atoms with Gasteiger partial charge in [0.1, 0.15) is 0 Å². The number of rotatable bonds is 5. The Labute approximate surface area is 130 Å². The molecule has 2 rings (SSSR count). The number of fused-ring (bicyclic) bond motifs is 1. The standard InChI is InChI=1S/C18H24O2S/c1-12(2)7-6-8-13(3)11-16-18(20)17(19)14-9-4-5-10-15(14)21-16/h7,9-10,13,20H,4-6,8,11H2,1-3H3. The molecule has 1 aromatic heterocycles. The highest BCUT2D eigenvalue weighted by Crippen LogP contribution is 2.21. The van der Waals surface area contributed by atoms with Crippen molar-refractivity contribution in [2.24, 2.45) is 5.92 Å². The summed E-state index contributed by atoms with van der Waals surface area (Å²) in [5, 5.41) is 10.9. The number of allylic oxidation sites excluding steroid dienone is 2. The molecule has 1 aliphatic rings. The predicted molar refractivity (Wildman–Crippen MR) is 91.2 cm³/mol. The van der Waals surface area contributed by atoms with Gasteiger partial charge in [-0.25, -0.2) is 0 Å². The number of hydrogen-bond acceptors (Lipinski definition) is 3. The summed E-state index contributed by atoms with van der Waals surface area (Å²) in [6.45, 7) is 6.40. The molecule has 0 saturated carbocycles. The highest BCUT2D eigenvalue weighted by molar-refractivity contribution is 7.09. The van der Waals surface area contributed by atoms with Crippen LogP contribution in [-0.4, -0.2) is 5.11 Å². The fourth-order valence-corrected chi connectivity index (χ4v) is 3.91. The topological polar surface area (TPSA) is 37.3 Å². The Morgan fingerprint density at radius 3 is 2.81 bits per heavy atom. The molecule has 0 aromatic carbocycles. The zero-order valence-corrected chi connectivity index (χ0v) is 13.9. The molecule has 1 aliphatic carbocycles. The van der Waals surface area contributed by atoms with Crippen LogP contribution in [0.15, 0.2) is 16.4 Å². The summed E-state index contributed by atoms with van der Waals surface area (Å²) in [5.74, 6) is 0.437. The first kappa shape index (κ1) is 16.0. The first-order chi connectivity index (χ1) is 9.99. The molecule has 1 heterocycles. The van der Waals surface area contributed by atoms with E-state index in [0.29, 0.717) is 11.1 Å². The maximum absolute atomic E-state index is 12.2. The number of hydrogen-bond donors (Lipinski definition) is 1. The summed E-state index contributed by atoms with van der Waals surface area (Å²) in [6.07, 6.45) is 11.1. The maximum Gasteiger partial charge on any atom is 0.229 e. The molecule has 0 amide bonds. The van der Waals surface area contributed by atoms with Gasteiger partial charge in [0.05, 0.1) is 4.88 Å². The summed E-state index contributed by atoms with van der Waals surface area (Å²) < 4.78 is 1.04. The average molecular weight is 304 g/mol. The van der Waals surface area contributed by atoms with Crippen molar-refractivity contribution >= 4 is 23.5 Å². The van der Waals surface area contributed by atoms with Crippen LogP contribution < -0.4 is 15.2 Å². The molecule has 21 heavy (non-hydrogen) atoms. The van der Waals surface area contributed by atoms with E-state index in [4.69, 9.17) is 0 Å². The van der Waals surface area contributed by atoms with E-state index in [-0.39, 0.29) is 11.2 Å². The quantitative estimate of drug-likeness (QED) is 0.849. The van der Waals surface area contributed by atoms with Gasteiger partial charge in [-0.15, -0.1) is 11.3 Å². The molecule has 1 atom stereocenters. The van der Waals surface area contributed by atoms with Gasteiger partial charge in [-0.05, 0) is 51.9 Å². The smallest absolute Gasteiger partial charge is 0.229 e. The monoisotopic (exact) mass is 304 g/mol. The van der Waals surface area contributed by atoms with Crippen molar-refractivity contribution in [1.82, 2.24) is 0 Å². The molecule has 1 N–H and O–H groups in total. The van der Waals surface area contributed by atoms with Crippen LogP contribution in [0.4, 0.5) is 0 Å². The van der Waals surface area contributed by atoms with Crippen molar-refractivity contribution in [3.8, 4) is 5.75 Å². The second-order valence-electron chi connectivity index (χ2n) is 6.13. The van der Waals surface area contributed by atoms with Gasteiger partial charge < -0.3 is 5.11 Å². The van der Waals surface area contributed by atoms with Gasteiger partial charge in [0, 0.05) is 9.75 Å². The van der Waals surface area contributed by atoms with Gasteiger partial charge in [0.15, 0.2) is 5.75 Å².